The molecule has 0 fully saturated rings. The maximum absolute atomic E-state index is 3.34. The van der Waals surface area contributed by atoms with E-state index in [1.54, 1.807) is 0 Å². The number of fused-ring (bicyclic) bond motifs is 1. The standard InChI is InChI=1S/C16H23NS/c1-2-3-4-5-6-9-12-18-16-13-17-15-11-8-7-10-14(15)16/h7-8,10-11,13,17H,2-6,9,12H2,1H3. The van der Waals surface area contributed by atoms with Crippen LogP contribution >= 0.6 is 11.8 Å². The molecule has 1 heterocycles. The van der Waals surface area contributed by atoms with Gasteiger partial charge in [0.25, 0.3) is 0 Å². The second-order valence-electron chi connectivity index (χ2n) is 4.81. The summed E-state index contributed by atoms with van der Waals surface area (Å²) in [5.41, 5.74) is 1.25. The van der Waals surface area contributed by atoms with Crippen LogP contribution in [0.25, 0.3) is 10.9 Å². The zero-order valence-electron chi connectivity index (χ0n) is 11.2. The summed E-state index contributed by atoms with van der Waals surface area (Å²) in [5.74, 6) is 1.24. The van der Waals surface area contributed by atoms with E-state index in [1.165, 1.54) is 60.1 Å². The number of thioether (sulfide) groups is 1. The Kier molecular flexibility index (Phi) is 5.66. The first-order chi connectivity index (χ1) is 8.92. The molecule has 0 aliphatic carbocycles. The topological polar surface area (TPSA) is 15.8 Å². The predicted octanol–water partition coefficient (Wildman–Crippen LogP) is 5.62. The smallest absolute Gasteiger partial charge is 0.0465 e. The summed E-state index contributed by atoms with van der Waals surface area (Å²) in [6.07, 6.45) is 10.4. The molecule has 98 valence electrons. The summed E-state index contributed by atoms with van der Waals surface area (Å²) in [7, 11) is 0. The van der Waals surface area contributed by atoms with Crippen LogP contribution in [0.5, 0.6) is 0 Å². The van der Waals surface area contributed by atoms with E-state index < -0.39 is 0 Å². The van der Waals surface area contributed by atoms with Crippen molar-refractivity contribution < 1.29 is 0 Å². The van der Waals surface area contributed by atoms with E-state index in [2.05, 4.69) is 42.4 Å². The first-order valence-electron chi connectivity index (χ1n) is 7.10. The normalized spacial score (nSPS) is 11.2. The van der Waals surface area contributed by atoms with Gasteiger partial charge in [0.2, 0.25) is 0 Å². The fraction of sp³-hybridized carbons (Fsp3) is 0.500. The quantitative estimate of drug-likeness (QED) is 0.481. The van der Waals surface area contributed by atoms with Gasteiger partial charge in [-0.3, -0.25) is 0 Å². The summed E-state index contributed by atoms with van der Waals surface area (Å²) < 4.78 is 0. The van der Waals surface area contributed by atoms with Crippen molar-refractivity contribution in [2.24, 2.45) is 0 Å². The lowest BCUT2D eigenvalue weighted by molar-refractivity contribution is 0.627. The van der Waals surface area contributed by atoms with Crippen molar-refractivity contribution in [2.75, 3.05) is 5.75 Å². The molecule has 0 unspecified atom stereocenters. The van der Waals surface area contributed by atoms with Crippen LogP contribution in [-0.4, -0.2) is 10.7 Å². The Morgan fingerprint density at radius 3 is 2.67 bits per heavy atom. The first kappa shape index (κ1) is 13.5. The number of nitrogens with one attached hydrogen (secondary N) is 1. The molecule has 2 aromatic rings. The van der Waals surface area contributed by atoms with Gasteiger partial charge in [0.05, 0.1) is 0 Å². The van der Waals surface area contributed by atoms with Crippen LogP contribution in [-0.2, 0) is 0 Å². The van der Waals surface area contributed by atoms with Crippen molar-refractivity contribution in [1.29, 1.82) is 0 Å². The summed E-state index contributed by atoms with van der Waals surface area (Å²) in [4.78, 5) is 4.74. The van der Waals surface area contributed by atoms with Gasteiger partial charge in [-0.15, -0.1) is 11.8 Å². The number of hydrogen-bond donors (Lipinski definition) is 1. The molecule has 0 spiro atoms. The minimum absolute atomic E-state index is 1.24. The molecule has 0 saturated heterocycles. The van der Waals surface area contributed by atoms with E-state index in [4.69, 9.17) is 0 Å². The van der Waals surface area contributed by atoms with Gasteiger partial charge in [-0.2, -0.15) is 0 Å². The van der Waals surface area contributed by atoms with Gasteiger partial charge in [-0.25, -0.2) is 0 Å². The number of rotatable bonds is 8. The number of aromatic amines is 1. The second-order valence-corrected chi connectivity index (χ2v) is 5.95. The Morgan fingerprint density at radius 2 is 1.78 bits per heavy atom. The number of benzene rings is 1. The van der Waals surface area contributed by atoms with Crippen LogP contribution in [0.4, 0.5) is 0 Å². The van der Waals surface area contributed by atoms with Crippen LogP contribution in [0.2, 0.25) is 0 Å². The van der Waals surface area contributed by atoms with E-state index in [-0.39, 0.29) is 0 Å². The molecule has 2 rings (SSSR count). The molecular weight excluding hydrogens is 238 g/mol. The fourth-order valence-electron chi connectivity index (χ4n) is 2.23. The number of hydrogen-bond acceptors (Lipinski definition) is 1. The number of para-hydroxylation sites is 1. The number of unbranched alkanes of at least 4 members (excludes halogenated alkanes) is 5. The first-order valence-corrected chi connectivity index (χ1v) is 8.09. The van der Waals surface area contributed by atoms with Gasteiger partial charge in [-0.1, -0.05) is 57.2 Å². The molecule has 0 amide bonds. The van der Waals surface area contributed by atoms with Crippen LogP contribution in [0, 0.1) is 0 Å². The predicted molar refractivity (Wildman–Crippen MR) is 82.4 cm³/mol. The van der Waals surface area contributed by atoms with Crippen LogP contribution < -0.4 is 0 Å². The third-order valence-corrected chi connectivity index (χ3v) is 4.45. The molecule has 1 N–H and O–H groups in total. The van der Waals surface area contributed by atoms with Gasteiger partial charge >= 0.3 is 0 Å². The molecule has 0 aliphatic heterocycles. The molecule has 1 aromatic heterocycles. The molecule has 18 heavy (non-hydrogen) atoms. The van der Waals surface area contributed by atoms with Gasteiger partial charge in [0, 0.05) is 22.0 Å². The van der Waals surface area contributed by atoms with Crippen molar-refractivity contribution in [1.82, 2.24) is 4.98 Å². The Labute approximate surface area is 114 Å². The molecular formula is C16H23NS. The molecule has 0 aliphatic rings. The van der Waals surface area contributed by atoms with Crippen LogP contribution in [0.15, 0.2) is 35.4 Å². The maximum atomic E-state index is 3.34. The third-order valence-electron chi connectivity index (χ3n) is 3.31. The Bertz CT molecular complexity index is 461. The third kappa shape index (κ3) is 3.81. The van der Waals surface area contributed by atoms with Crippen molar-refractivity contribution in [3.05, 3.63) is 30.5 Å². The lowest BCUT2D eigenvalue weighted by Crippen LogP contribution is -1.82. The number of aromatic nitrogens is 1. The Hall–Kier alpha value is -0.890. The molecule has 1 nitrogen and oxygen atoms in total. The molecule has 0 radical (unpaired) electrons. The summed E-state index contributed by atoms with van der Waals surface area (Å²) in [5, 5.41) is 1.37. The summed E-state index contributed by atoms with van der Waals surface area (Å²) in [6.45, 7) is 2.27. The second kappa shape index (κ2) is 7.52. The van der Waals surface area contributed by atoms with Crippen molar-refractivity contribution in [2.45, 2.75) is 50.3 Å². The SMILES string of the molecule is CCCCCCCCSc1c[nH]c2ccccc12. The van der Waals surface area contributed by atoms with E-state index >= 15 is 0 Å². The molecule has 0 atom stereocenters. The van der Waals surface area contributed by atoms with E-state index in [1.807, 2.05) is 11.8 Å². The van der Waals surface area contributed by atoms with Gasteiger partial charge in [-0.05, 0) is 18.2 Å². The average Bonchev–Trinajstić information content (AvgIpc) is 2.81. The van der Waals surface area contributed by atoms with Crippen LogP contribution in [0.3, 0.4) is 0 Å². The van der Waals surface area contributed by atoms with Crippen molar-refractivity contribution >= 4 is 22.7 Å². The lowest BCUT2D eigenvalue weighted by Gasteiger charge is -2.01. The molecule has 0 bridgehead atoms. The molecule has 1 aromatic carbocycles. The largest absolute Gasteiger partial charge is 0.360 e. The van der Waals surface area contributed by atoms with E-state index in [0.717, 1.165) is 0 Å². The summed E-state index contributed by atoms with van der Waals surface area (Å²) >= 11 is 1.99. The van der Waals surface area contributed by atoms with Gasteiger partial charge < -0.3 is 4.98 Å². The Balaban J connectivity index is 1.70. The highest BCUT2D eigenvalue weighted by Crippen LogP contribution is 2.28. The van der Waals surface area contributed by atoms with Crippen molar-refractivity contribution in [3.8, 4) is 0 Å². The highest BCUT2D eigenvalue weighted by atomic mass is 32.2. The highest BCUT2D eigenvalue weighted by molar-refractivity contribution is 7.99. The highest BCUT2D eigenvalue weighted by Gasteiger charge is 2.02. The number of H-pyrrole nitrogens is 1. The zero-order chi connectivity index (χ0) is 12.6. The monoisotopic (exact) mass is 261 g/mol. The maximum Gasteiger partial charge on any atom is 0.0465 e. The minimum Gasteiger partial charge on any atom is -0.360 e. The van der Waals surface area contributed by atoms with E-state index in [0.29, 0.717) is 0 Å². The fourth-order valence-corrected chi connectivity index (χ4v) is 3.27. The molecule has 2 heteroatoms. The Morgan fingerprint density at radius 1 is 1.00 bits per heavy atom. The van der Waals surface area contributed by atoms with Gasteiger partial charge in [0.1, 0.15) is 0 Å². The van der Waals surface area contributed by atoms with Gasteiger partial charge in [0.15, 0.2) is 0 Å². The lowest BCUT2D eigenvalue weighted by atomic mass is 10.1. The minimum atomic E-state index is 1.24. The zero-order valence-corrected chi connectivity index (χ0v) is 12.1. The summed E-state index contributed by atoms with van der Waals surface area (Å²) in [6, 6.07) is 8.55. The average molecular weight is 261 g/mol. The van der Waals surface area contributed by atoms with Crippen LogP contribution in [0.1, 0.15) is 45.4 Å². The van der Waals surface area contributed by atoms with E-state index in [9.17, 15) is 0 Å². The van der Waals surface area contributed by atoms with Crippen molar-refractivity contribution in [3.63, 3.8) is 0 Å². The molecule has 0 saturated carbocycles.